The summed E-state index contributed by atoms with van der Waals surface area (Å²) in [5, 5.41) is 8.47. The van der Waals surface area contributed by atoms with Gasteiger partial charge in [0.25, 0.3) is 0 Å². The van der Waals surface area contributed by atoms with Crippen LogP contribution in [0, 0.1) is 0 Å². The maximum absolute atomic E-state index is 13.0. The number of hydrogen-bond acceptors (Lipinski definition) is 4. The molecule has 18 heavy (non-hydrogen) atoms. The molecule has 1 rings (SSSR count). The lowest BCUT2D eigenvalue weighted by Crippen LogP contribution is -1.97. The number of halogens is 1. The monoisotopic (exact) mass is 256 g/mol. The molecular formula is C12H13FO5. The number of carboxylic acids is 1. The molecule has 1 aromatic rings. The van der Waals surface area contributed by atoms with Gasteiger partial charge in [0.15, 0.2) is 11.5 Å². The Labute approximate surface area is 103 Å². The third kappa shape index (κ3) is 2.91. The lowest BCUT2D eigenvalue weighted by atomic mass is 10.1. The van der Waals surface area contributed by atoms with E-state index in [1.807, 2.05) is 0 Å². The smallest absolute Gasteiger partial charge is 0.364 e. The fourth-order valence-electron chi connectivity index (χ4n) is 1.39. The van der Waals surface area contributed by atoms with Crippen molar-refractivity contribution in [1.82, 2.24) is 0 Å². The Bertz CT molecular complexity index is 456. The number of ether oxygens (including phenoxy) is 3. The van der Waals surface area contributed by atoms with Gasteiger partial charge in [0.05, 0.1) is 21.3 Å². The van der Waals surface area contributed by atoms with Crippen LogP contribution < -0.4 is 14.2 Å². The lowest BCUT2D eigenvalue weighted by Gasteiger charge is -2.12. The molecule has 0 radical (unpaired) electrons. The maximum atomic E-state index is 13.0. The van der Waals surface area contributed by atoms with E-state index in [-0.39, 0.29) is 0 Å². The van der Waals surface area contributed by atoms with Crippen LogP contribution in [0.25, 0.3) is 6.08 Å². The highest BCUT2D eigenvalue weighted by molar-refractivity contribution is 5.89. The molecule has 0 heterocycles. The van der Waals surface area contributed by atoms with Gasteiger partial charge in [0.1, 0.15) is 0 Å². The Morgan fingerprint density at radius 1 is 1.17 bits per heavy atom. The molecule has 5 nitrogen and oxygen atoms in total. The van der Waals surface area contributed by atoms with E-state index in [4.69, 9.17) is 19.3 Å². The van der Waals surface area contributed by atoms with Crippen LogP contribution in [0.2, 0.25) is 0 Å². The molecule has 1 aromatic carbocycles. The maximum Gasteiger partial charge on any atom is 0.364 e. The SMILES string of the molecule is COc1cc(C=C(F)C(=O)O)cc(OC)c1OC. The third-order valence-corrected chi connectivity index (χ3v) is 2.18. The van der Waals surface area contributed by atoms with E-state index in [0.717, 1.165) is 6.08 Å². The van der Waals surface area contributed by atoms with Crippen molar-refractivity contribution in [3.63, 3.8) is 0 Å². The molecule has 0 unspecified atom stereocenters. The lowest BCUT2D eigenvalue weighted by molar-refractivity contribution is -0.134. The van der Waals surface area contributed by atoms with Crippen molar-refractivity contribution < 1.29 is 28.5 Å². The van der Waals surface area contributed by atoms with Crippen LogP contribution in [-0.4, -0.2) is 32.4 Å². The molecule has 6 heteroatoms. The quantitative estimate of drug-likeness (QED) is 0.817. The molecule has 0 fully saturated rings. The van der Waals surface area contributed by atoms with Gasteiger partial charge in [-0.1, -0.05) is 0 Å². The average Bonchev–Trinajstić information content (AvgIpc) is 2.37. The van der Waals surface area contributed by atoms with Crippen LogP contribution in [0.3, 0.4) is 0 Å². The van der Waals surface area contributed by atoms with Gasteiger partial charge < -0.3 is 19.3 Å². The number of carboxylic acid groups (broad SMARTS) is 1. The summed E-state index contributed by atoms with van der Waals surface area (Å²) in [7, 11) is 4.27. The van der Waals surface area contributed by atoms with Crippen molar-refractivity contribution in [2.45, 2.75) is 0 Å². The van der Waals surface area contributed by atoms with Crippen molar-refractivity contribution >= 4 is 12.0 Å². The van der Waals surface area contributed by atoms with E-state index in [1.165, 1.54) is 33.5 Å². The molecule has 0 aromatic heterocycles. The normalized spacial score (nSPS) is 11.0. The predicted octanol–water partition coefficient (Wildman–Crippen LogP) is 2.11. The Hall–Kier alpha value is -2.24. The molecule has 0 amide bonds. The molecule has 0 spiro atoms. The topological polar surface area (TPSA) is 65.0 Å². The first-order valence-electron chi connectivity index (χ1n) is 4.94. The van der Waals surface area contributed by atoms with Gasteiger partial charge >= 0.3 is 5.97 Å². The van der Waals surface area contributed by atoms with Crippen molar-refractivity contribution in [1.29, 1.82) is 0 Å². The summed E-state index contributed by atoms with van der Waals surface area (Å²) >= 11 is 0. The molecule has 0 aliphatic heterocycles. The summed E-state index contributed by atoms with van der Waals surface area (Å²) in [6.45, 7) is 0. The molecular weight excluding hydrogens is 243 g/mol. The first kappa shape index (κ1) is 13.8. The predicted molar refractivity (Wildman–Crippen MR) is 62.8 cm³/mol. The minimum absolute atomic E-state index is 0.296. The Kier molecular flexibility index (Phi) is 4.53. The zero-order valence-electron chi connectivity index (χ0n) is 10.2. The second-order valence-corrected chi connectivity index (χ2v) is 3.26. The van der Waals surface area contributed by atoms with E-state index in [9.17, 15) is 9.18 Å². The standard InChI is InChI=1S/C12H13FO5/c1-16-9-5-7(4-8(13)12(14)15)6-10(17-2)11(9)18-3/h4-6H,1-3H3,(H,14,15). The highest BCUT2D eigenvalue weighted by Crippen LogP contribution is 2.38. The first-order chi connectivity index (χ1) is 8.53. The number of benzene rings is 1. The minimum Gasteiger partial charge on any atom is -0.493 e. The molecule has 98 valence electrons. The second kappa shape index (κ2) is 5.90. The molecule has 1 N–H and O–H groups in total. The van der Waals surface area contributed by atoms with Crippen LogP contribution in [-0.2, 0) is 4.79 Å². The molecule has 0 bridgehead atoms. The Morgan fingerprint density at radius 3 is 2.00 bits per heavy atom. The van der Waals surface area contributed by atoms with Gasteiger partial charge in [0.2, 0.25) is 11.6 Å². The van der Waals surface area contributed by atoms with Crippen LogP contribution in [0.1, 0.15) is 5.56 Å². The summed E-state index contributed by atoms with van der Waals surface area (Å²) in [5.74, 6) is -1.91. The first-order valence-corrected chi connectivity index (χ1v) is 4.94. The average molecular weight is 256 g/mol. The summed E-state index contributed by atoms with van der Waals surface area (Å²) in [4.78, 5) is 10.4. The number of methoxy groups -OCH3 is 3. The summed E-state index contributed by atoms with van der Waals surface area (Å²) in [5.41, 5.74) is 0.296. The van der Waals surface area contributed by atoms with E-state index in [1.54, 1.807) is 0 Å². The molecule has 0 saturated carbocycles. The largest absolute Gasteiger partial charge is 0.493 e. The highest BCUT2D eigenvalue weighted by Gasteiger charge is 2.13. The summed E-state index contributed by atoms with van der Waals surface area (Å²) < 4.78 is 28.2. The fourth-order valence-corrected chi connectivity index (χ4v) is 1.39. The van der Waals surface area contributed by atoms with Gasteiger partial charge in [-0.2, -0.15) is 4.39 Å². The number of aliphatic carboxylic acids is 1. The van der Waals surface area contributed by atoms with E-state index >= 15 is 0 Å². The number of carbonyl (C=O) groups is 1. The van der Waals surface area contributed by atoms with Crippen molar-refractivity contribution in [3.05, 3.63) is 23.5 Å². The molecule has 0 saturated heterocycles. The van der Waals surface area contributed by atoms with Crippen LogP contribution in [0.15, 0.2) is 18.0 Å². The second-order valence-electron chi connectivity index (χ2n) is 3.26. The zero-order chi connectivity index (χ0) is 13.7. The van der Waals surface area contributed by atoms with E-state index < -0.39 is 11.8 Å². The van der Waals surface area contributed by atoms with Crippen molar-refractivity contribution in [2.75, 3.05) is 21.3 Å². The van der Waals surface area contributed by atoms with Crippen molar-refractivity contribution in [3.8, 4) is 17.2 Å². The third-order valence-electron chi connectivity index (χ3n) is 2.18. The van der Waals surface area contributed by atoms with Gasteiger partial charge in [-0.05, 0) is 23.8 Å². The molecule has 0 aliphatic rings. The number of rotatable bonds is 5. The Balaban J connectivity index is 3.32. The summed E-state index contributed by atoms with van der Waals surface area (Å²) in [6.07, 6.45) is 0.868. The zero-order valence-corrected chi connectivity index (χ0v) is 10.2. The van der Waals surface area contributed by atoms with Gasteiger partial charge in [-0.15, -0.1) is 0 Å². The highest BCUT2D eigenvalue weighted by atomic mass is 19.1. The van der Waals surface area contributed by atoms with Crippen molar-refractivity contribution in [2.24, 2.45) is 0 Å². The number of hydrogen-bond donors (Lipinski definition) is 1. The Morgan fingerprint density at radius 2 is 1.67 bits per heavy atom. The van der Waals surface area contributed by atoms with Gasteiger partial charge in [-0.25, -0.2) is 4.79 Å². The minimum atomic E-state index is -1.64. The molecule has 0 atom stereocenters. The fraction of sp³-hybridized carbons (Fsp3) is 0.250. The van der Waals surface area contributed by atoms with Gasteiger partial charge in [-0.3, -0.25) is 0 Å². The van der Waals surface area contributed by atoms with E-state index in [2.05, 4.69) is 0 Å². The molecule has 0 aliphatic carbocycles. The van der Waals surface area contributed by atoms with Gasteiger partial charge in [0, 0.05) is 0 Å². The van der Waals surface area contributed by atoms with Crippen LogP contribution in [0.4, 0.5) is 4.39 Å². The van der Waals surface area contributed by atoms with Crippen LogP contribution >= 0.6 is 0 Å². The van der Waals surface area contributed by atoms with E-state index in [0.29, 0.717) is 22.8 Å². The summed E-state index contributed by atoms with van der Waals surface area (Å²) in [6, 6.07) is 2.90. The van der Waals surface area contributed by atoms with Crippen LogP contribution in [0.5, 0.6) is 17.2 Å².